The quantitative estimate of drug-likeness (QED) is 0.107. The maximum Gasteiger partial charge on any atom is 0.343 e. The third-order valence-electron chi connectivity index (χ3n) is 5.83. The van der Waals surface area contributed by atoms with Crippen LogP contribution in [0.4, 0.5) is 0 Å². The monoisotopic (exact) mass is 574 g/mol. The second kappa shape index (κ2) is 12.4. The summed E-state index contributed by atoms with van der Waals surface area (Å²) in [6.45, 7) is 3.81. The molecule has 0 saturated carbocycles. The summed E-state index contributed by atoms with van der Waals surface area (Å²) < 4.78 is 17.7. The molecule has 4 aromatic carbocycles. The molecular weight excluding hydrogens is 548 g/mol. The van der Waals surface area contributed by atoms with Gasteiger partial charge in [0.15, 0.2) is 17.6 Å². The van der Waals surface area contributed by atoms with Crippen molar-refractivity contribution < 1.29 is 23.8 Å². The number of rotatable bonds is 9. The van der Waals surface area contributed by atoms with Crippen LogP contribution in [0, 0.1) is 6.92 Å². The van der Waals surface area contributed by atoms with Gasteiger partial charge in [0.05, 0.1) is 23.4 Å². The number of carbonyl (C=O) groups is 2. The lowest BCUT2D eigenvalue weighted by Gasteiger charge is -2.17. The Morgan fingerprint density at radius 3 is 2.45 bits per heavy atom. The molecule has 0 aromatic heterocycles. The summed E-state index contributed by atoms with van der Waals surface area (Å²) in [5.41, 5.74) is 4.66. The van der Waals surface area contributed by atoms with Crippen LogP contribution >= 0.6 is 15.9 Å². The van der Waals surface area contributed by atoms with E-state index in [-0.39, 0.29) is 11.7 Å². The molecule has 1 unspecified atom stereocenters. The normalized spacial score (nSPS) is 11.8. The van der Waals surface area contributed by atoms with Crippen LogP contribution in [0.25, 0.3) is 10.8 Å². The molecular formula is C30H27BrN2O5. The van der Waals surface area contributed by atoms with Gasteiger partial charge in [0.1, 0.15) is 5.75 Å². The van der Waals surface area contributed by atoms with Crippen molar-refractivity contribution in [3.05, 3.63) is 100 Å². The van der Waals surface area contributed by atoms with Crippen molar-refractivity contribution in [1.82, 2.24) is 5.43 Å². The number of hydrogen-bond donors (Lipinski definition) is 1. The van der Waals surface area contributed by atoms with Gasteiger partial charge in [0, 0.05) is 0 Å². The molecule has 38 heavy (non-hydrogen) atoms. The number of hydrazone groups is 1. The van der Waals surface area contributed by atoms with Crippen LogP contribution in [0.15, 0.2) is 88.4 Å². The van der Waals surface area contributed by atoms with Gasteiger partial charge >= 0.3 is 5.97 Å². The molecule has 0 bridgehead atoms. The highest BCUT2D eigenvalue weighted by atomic mass is 79.9. The van der Waals surface area contributed by atoms with Crippen LogP contribution in [0.1, 0.15) is 34.8 Å². The van der Waals surface area contributed by atoms with Gasteiger partial charge in [-0.05, 0) is 82.0 Å². The highest BCUT2D eigenvalue weighted by Gasteiger charge is 2.20. The summed E-state index contributed by atoms with van der Waals surface area (Å²) in [6.07, 6.45) is 1.20. The zero-order valence-electron chi connectivity index (χ0n) is 21.2. The molecule has 1 amide bonds. The van der Waals surface area contributed by atoms with Crippen molar-refractivity contribution in [1.29, 1.82) is 0 Å². The van der Waals surface area contributed by atoms with E-state index in [9.17, 15) is 9.59 Å². The fourth-order valence-corrected chi connectivity index (χ4v) is 4.31. The minimum atomic E-state index is -0.734. The molecule has 1 N–H and O–H groups in total. The van der Waals surface area contributed by atoms with Crippen molar-refractivity contribution in [2.45, 2.75) is 26.4 Å². The largest absolute Gasteiger partial charge is 0.493 e. The van der Waals surface area contributed by atoms with Crippen LogP contribution < -0.4 is 19.6 Å². The van der Waals surface area contributed by atoms with E-state index in [1.54, 1.807) is 30.3 Å². The molecule has 7 nitrogen and oxygen atoms in total. The number of ether oxygens (including phenoxy) is 3. The zero-order valence-corrected chi connectivity index (χ0v) is 22.8. The van der Waals surface area contributed by atoms with Gasteiger partial charge < -0.3 is 14.2 Å². The minimum Gasteiger partial charge on any atom is -0.493 e. The lowest BCUT2D eigenvalue weighted by molar-refractivity contribution is -0.128. The van der Waals surface area contributed by atoms with Crippen molar-refractivity contribution in [3.63, 3.8) is 0 Å². The second-order valence-electron chi connectivity index (χ2n) is 8.51. The lowest BCUT2D eigenvalue weighted by atomic mass is 10.1. The first-order valence-electron chi connectivity index (χ1n) is 12.0. The van der Waals surface area contributed by atoms with Crippen LogP contribution in [0.3, 0.4) is 0 Å². The maximum absolute atomic E-state index is 12.8. The summed E-state index contributed by atoms with van der Waals surface area (Å²) in [5, 5.41) is 6.14. The Morgan fingerprint density at radius 1 is 0.974 bits per heavy atom. The first-order valence-corrected chi connectivity index (χ1v) is 12.8. The van der Waals surface area contributed by atoms with Gasteiger partial charge in [-0.1, -0.05) is 55.0 Å². The number of methoxy groups -OCH3 is 1. The standard InChI is InChI=1S/C30H27BrN2O5/c1-4-24(37-26-16-14-21-7-5-6-8-23(21)28(26)31)29(34)33-32-18-20-11-15-25(27(17-20)36-3)38-30(35)22-12-9-19(2)10-13-22/h5-18,24H,4H2,1-3H3,(H,33,34). The number of aryl methyl sites for hydroxylation is 1. The Morgan fingerprint density at radius 2 is 1.71 bits per heavy atom. The van der Waals surface area contributed by atoms with Crippen LogP contribution in [0.2, 0.25) is 0 Å². The summed E-state index contributed by atoms with van der Waals surface area (Å²) in [4.78, 5) is 25.2. The van der Waals surface area contributed by atoms with E-state index in [1.165, 1.54) is 13.3 Å². The highest BCUT2D eigenvalue weighted by molar-refractivity contribution is 9.10. The second-order valence-corrected chi connectivity index (χ2v) is 9.31. The number of fused-ring (bicyclic) bond motifs is 1. The van der Waals surface area contributed by atoms with Gasteiger partial charge in [0.2, 0.25) is 0 Å². The molecule has 0 fully saturated rings. The zero-order chi connectivity index (χ0) is 27.1. The van der Waals surface area contributed by atoms with Crippen LogP contribution in [-0.4, -0.2) is 31.3 Å². The topological polar surface area (TPSA) is 86.2 Å². The minimum absolute atomic E-state index is 0.277. The van der Waals surface area contributed by atoms with E-state index in [0.717, 1.165) is 20.8 Å². The SMILES string of the molecule is CCC(Oc1ccc2ccccc2c1Br)C(=O)NN=Cc1ccc(OC(=O)c2ccc(C)cc2)c(OC)c1. The van der Waals surface area contributed by atoms with Crippen LogP contribution in [-0.2, 0) is 4.79 Å². The maximum atomic E-state index is 12.8. The molecule has 0 aliphatic heterocycles. The van der Waals surface area contributed by atoms with Crippen molar-refractivity contribution in [3.8, 4) is 17.2 Å². The molecule has 8 heteroatoms. The number of halogens is 1. The molecule has 0 radical (unpaired) electrons. The first-order chi connectivity index (χ1) is 18.4. The molecule has 194 valence electrons. The van der Waals surface area contributed by atoms with Crippen LogP contribution in [0.5, 0.6) is 17.2 Å². The van der Waals surface area contributed by atoms with Crippen molar-refractivity contribution in [2.75, 3.05) is 7.11 Å². The summed E-state index contributed by atoms with van der Waals surface area (Å²) >= 11 is 3.59. The molecule has 0 spiro atoms. The van der Waals surface area contributed by atoms with Crippen molar-refractivity contribution in [2.24, 2.45) is 5.10 Å². The van der Waals surface area contributed by atoms with E-state index in [1.807, 2.05) is 62.4 Å². The summed E-state index contributed by atoms with van der Waals surface area (Å²) in [6, 6.07) is 23.8. The van der Waals surface area contributed by atoms with E-state index >= 15 is 0 Å². The number of benzene rings is 4. The molecule has 4 aromatic rings. The van der Waals surface area contributed by atoms with E-state index < -0.39 is 12.1 Å². The molecule has 1 atom stereocenters. The Hall–Kier alpha value is -4.17. The number of carbonyl (C=O) groups excluding carboxylic acids is 2. The Bertz CT molecular complexity index is 1480. The molecule has 4 rings (SSSR count). The summed E-state index contributed by atoms with van der Waals surface area (Å²) in [7, 11) is 1.48. The lowest BCUT2D eigenvalue weighted by Crippen LogP contribution is -2.35. The predicted molar refractivity (Wildman–Crippen MR) is 151 cm³/mol. The smallest absolute Gasteiger partial charge is 0.343 e. The number of hydrogen-bond acceptors (Lipinski definition) is 6. The molecule has 0 saturated heterocycles. The number of amides is 1. The average molecular weight is 575 g/mol. The third-order valence-corrected chi connectivity index (χ3v) is 6.64. The van der Waals surface area contributed by atoms with Crippen molar-refractivity contribution >= 4 is 44.8 Å². The Labute approximate surface area is 229 Å². The van der Waals surface area contributed by atoms with Gasteiger partial charge in [-0.2, -0.15) is 5.10 Å². The Balaban J connectivity index is 1.39. The fourth-order valence-electron chi connectivity index (χ4n) is 3.72. The summed E-state index contributed by atoms with van der Waals surface area (Å²) in [5.74, 6) is 0.353. The first kappa shape index (κ1) is 26.9. The van der Waals surface area contributed by atoms with E-state index in [2.05, 4.69) is 26.5 Å². The van der Waals surface area contributed by atoms with E-state index in [4.69, 9.17) is 14.2 Å². The Kier molecular flexibility index (Phi) is 8.76. The predicted octanol–water partition coefficient (Wildman–Crippen LogP) is 6.45. The highest BCUT2D eigenvalue weighted by Crippen LogP contribution is 2.34. The molecule has 0 heterocycles. The van der Waals surface area contributed by atoms with Gasteiger partial charge in [-0.15, -0.1) is 0 Å². The van der Waals surface area contributed by atoms with E-state index in [0.29, 0.717) is 29.0 Å². The fraction of sp³-hybridized carbons (Fsp3) is 0.167. The van der Waals surface area contributed by atoms with Gasteiger partial charge in [0.25, 0.3) is 5.91 Å². The molecule has 0 aliphatic rings. The third kappa shape index (κ3) is 6.39. The number of esters is 1. The van der Waals surface area contributed by atoms with Gasteiger partial charge in [-0.25, -0.2) is 10.2 Å². The van der Waals surface area contributed by atoms with Gasteiger partial charge in [-0.3, -0.25) is 4.79 Å². The molecule has 0 aliphatic carbocycles. The number of nitrogens with one attached hydrogen (secondary N) is 1. The average Bonchev–Trinajstić information content (AvgIpc) is 2.93. The number of nitrogens with zero attached hydrogens (tertiary/aromatic N) is 1.